The van der Waals surface area contributed by atoms with E-state index in [9.17, 15) is 19.5 Å². The van der Waals surface area contributed by atoms with Crippen LogP contribution in [0.4, 0.5) is 0 Å². The van der Waals surface area contributed by atoms with Crippen LogP contribution >= 0.6 is 0 Å². The number of aromatic hydroxyl groups is 1. The summed E-state index contributed by atoms with van der Waals surface area (Å²) in [6, 6.07) is 29.9. The smallest absolute Gasteiger partial charge is 0.236 e. The second kappa shape index (κ2) is 15.8. The molecular formula is C47H54N2O4. The molecule has 6 heteroatoms. The van der Waals surface area contributed by atoms with Gasteiger partial charge in [-0.1, -0.05) is 74.0 Å². The van der Waals surface area contributed by atoms with Crippen molar-refractivity contribution in [2.75, 3.05) is 19.6 Å². The maximum absolute atomic E-state index is 13.5. The minimum absolute atomic E-state index is 0.101. The van der Waals surface area contributed by atoms with Crippen molar-refractivity contribution in [1.29, 1.82) is 0 Å². The van der Waals surface area contributed by atoms with Crippen LogP contribution in [0.3, 0.4) is 0 Å². The summed E-state index contributed by atoms with van der Waals surface area (Å²) < 4.78 is 0. The van der Waals surface area contributed by atoms with E-state index in [4.69, 9.17) is 0 Å². The fraction of sp³-hybridized carbons (Fsp3) is 0.426. The third-order valence-electron chi connectivity index (χ3n) is 12.5. The molecule has 2 atom stereocenters. The van der Waals surface area contributed by atoms with Gasteiger partial charge in [0.2, 0.25) is 5.91 Å². The maximum atomic E-state index is 13.5. The molecule has 0 aromatic heterocycles. The first-order valence-corrected chi connectivity index (χ1v) is 19.8. The zero-order valence-corrected chi connectivity index (χ0v) is 31.7. The van der Waals surface area contributed by atoms with Crippen LogP contribution in [0.15, 0.2) is 84.9 Å². The lowest BCUT2D eigenvalue weighted by Crippen LogP contribution is -2.46. The third-order valence-corrected chi connectivity index (χ3v) is 12.5. The highest BCUT2D eigenvalue weighted by atomic mass is 16.3. The predicted molar refractivity (Wildman–Crippen MR) is 211 cm³/mol. The van der Waals surface area contributed by atoms with Gasteiger partial charge in [-0.15, -0.1) is 0 Å². The highest BCUT2D eigenvalue weighted by Crippen LogP contribution is 2.47. The number of fused-ring (bicyclic) bond motifs is 2. The molecule has 0 bridgehead atoms. The van der Waals surface area contributed by atoms with Crippen molar-refractivity contribution < 1.29 is 19.5 Å². The van der Waals surface area contributed by atoms with Gasteiger partial charge in [0.25, 0.3) is 0 Å². The van der Waals surface area contributed by atoms with Crippen molar-refractivity contribution in [2.24, 2.45) is 5.41 Å². The van der Waals surface area contributed by atoms with E-state index in [0.29, 0.717) is 42.4 Å². The predicted octanol–water partition coefficient (Wildman–Crippen LogP) is 9.41. The molecule has 2 heterocycles. The highest BCUT2D eigenvalue weighted by Gasteiger charge is 2.36. The Kier molecular flexibility index (Phi) is 11.0. The molecule has 2 aliphatic heterocycles. The van der Waals surface area contributed by atoms with Gasteiger partial charge in [0.15, 0.2) is 11.6 Å². The van der Waals surface area contributed by atoms with Gasteiger partial charge in [-0.05, 0) is 140 Å². The summed E-state index contributed by atoms with van der Waals surface area (Å²) in [7, 11) is 0. The van der Waals surface area contributed by atoms with Crippen LogP contribution < -0.4 is 0 Å². The number of carbonyl (C=O) groups excluding carboxylic acids is 3. The molecule has 1 N–H and O–H groups in total. The number of nitrogens with zero attached hydrogens (tertiary/aromatic N) is 2. The molecule has 2 unspecified atom stereocenters. The Labute approximate surface area is 315 Å². The monoisotopic (exact) mass is 710 g/mol. The fourth-order valence-corrected chi connectivity index (χ4v) is 9.73. The molecule has 7 rings (SSSR count). The van der Waals surface area contributed by atoms with Crippen LogP contribution in [0.25, 0.3) is 0 Å². The number of ketones is 2. The fourth-order valence-electron chi connectivity index (χ4n) is 9.73. The minimum atomic E-state index is -0.101. The number of phenols is 1. The highest BCUT2D eigenvalue weighted by molar-refractivity contribution is 6.07. The van der Waals surface area contributed by atoms with E-state index in [0.717, 1.165) is 69.2 Å². The first-order valence-electron chi connectivity index (χ1n) is 19.8. The molecule has 3 aliphatic rings. The standard InChI is InChI=1S/C47H54N2O4/c1-4-20-47(22-24-49(25-23-47)45(53)31-48-29-38-27-43(32(2)50)44(33(3)51)28-39(38)30-48)21-8-9-34-12-14-36(15-13-34)46-41(35-10-6-5-7-11-35)18-16-37-26-40(52)17-19-42(37)46/h5-7,10-15,17,19,26-28,41,46,52H,4,8-9,16,18,20-25,29-31H2,1-3H3. The molecule has 4 aromatic carbocycles. The van der Waals surface area contributed by atoms with Crippen molar-refractivity contribution in [2.45, 2.75) is 103 Å². The number of hydrogen-bond acceptors (Lipinski definition) is 5. The molecule has 1 amide bonds. The van der Waals surface area contributed by atoms with Crippen LogP contribution in [0.5, 0.6) is 5.75 Å². The summed E-state index contributed by atoms with van der Waals surface area (Å²) in [4.78, 5) is 42.1. The number of likely N-dealkylation sites (tertiary alicyclic amines) is 1. The lowest BCUT2D eigenvalue weighted by molar-refractivity contribution is -0.135. The largest absolute Gasteiger partial charge is 0.508 e. The van der Waals surface area contributed by atoms with Crippen LogP contribution in [0, 0.1) is 5.41 Å². The van der Waals surface area contributed by atoms with Crippen LogP contribution in [0.2, 0.25) is 0 Å². The number of benzene rings is 4. The number of Topliss-reactive ketones (excluding diaryl/α,β-unsaturated/α-hetero) is 2. The number of phenolic OH excluding ortho intramolecular Hbond substituents is 1. The average Bonchev–Trinajstić information content (AvgIpc) is 3.56. The Balaban J connectivity index is 0.944. The van der Waals surface area contributed by atoms with E-state index in [1.165, 1.54) is 54.5 Å². The van der Waals surface area contributed by atoms with Crippen LogP contribution in [-0.2, 0) is 30.7 Å². The SMILES string of the molecule is CCCC1(CCCc2ccc(C3c4ccc(O)cc4CCC3c3ccccc3)cc2)CCN(C(=O)CN2Cc3cc(C(C)=O)c(C(C)=O)cc3C2)CC1. The van der Waals surface area contributed by atoms with Crippen molar-refractivity contribution in [1.82, 2.24) is 9.80 Å². The quantitative estimate of drug-likeness (QED) is 0.148. The second-order valence-corrected chi connectivity index (χ2v) is 16.1. The zero-order chi connectivity index (χ0) is 37.1. The minimum Gasteiger partial charge on any atom is -0.508 e. The Morgan fingerprint density at radius 1 is 0.774 bits per heavy atom. The van der Waals surface area contributed by atoms with Crippen LogP contribution in [0.1, 0.15) is 137 Å². The second-order valence-electron chi connectivity index (χ2n) is 16.1. The zero-order valence-electron chi connectivity index (χ0n) is 31.7. The third kappa shape index (κ3) is 8.03. The van der Waals surface area contributed by atoms with Crippen molar-refractivity contribution in [3.8, 4) is 5.75 Å². The number of piperidine rings is 1. The Morgan fingerprint density at radius 2 is 1.43 bits per heavy atom. The lowest BCUT2D eigenvalue weighted by Gasteiger charge is -2.42. The Morgan fingerprint density at radius 3 is 2.06 bits per heavy atom. The van der Waals surface area contributed by atoms with E-state index in [2.05, 4.69) is 77.4 Å². The summed E-state index contributed by atoms with van der Waals surface area (Å²) >= 11 is 0. The first-order chi connectivity index (χ1) is 25.6. The molecular weight excluding hydrogens is 657 g/mol. The normalized spacial score (nSPS) is 19.4. The van der Waals surface area contributed by atoms with Gasteiger partial charge in [0, 0.05) is 43.2 Å². The van der Waals surface area contributed by atoms with E-state index in [1.54, 1.807) is 0 Å². The maximum Gasteiger partial charge on any atom is 0.236 e. The molecule has 276 valence electrons. The Bertz CT molecular complexity index is 1920. The molecule has 1 saturated heterocycles. The van der Waals surface area contributed by atoms with Crippen molar-refractivity contribution in [3.63, 3.8) is 0 Å². The van der Waals surface area contributed by atoms with Crippen molar-refractivity contribution >= 4 is 17.5 Å². The van der Waals surface area contributed by atoms with Crippen molar-refractivity contribution in [3.05, 3.63) is 135 Å². The van der Waals surface area contributed by atoms with Gasteiger partial charge in [-0.2, -0.15) is 0 Å². The molecule has 0 radical (unpaired) electrons. The first kappa shape index (κ1) is 36.8. The molecule has 6 nitrogen and oxygen atoms in total. The molecule has 1 aliphatic carbocycles. The van der Waals surface area contributed by atoms with E-state index >= 15 is 0 Å². The molecule has 0 spiro atoms. The van der Waals surface area contributed by atoms with Gasteiger partial charge >= 0.3 is 0 Å². The number of carbonyl (C=O) groups is 3. The summed E-state index contributed by atoms with van der Waals surface area (Å²) in [5.41, 5.74) is 10.0. The van der Waals surface area contributed by atoms with E-state index in [-0.39, 0.29) is 28.8 Å². The number of hydrogen-bond donors (Lipinski definition) is 1. The lowest BCUT2D eigenvalue weighted by atomic mass is 9.69. The summed E-state index contributed by atoms with van der Waals surface area (Å²) in [5.74, 6) is 0.982. The average molecular weight is 711 g/mol. The summed E-state index contributed by atoms with van der Waals surface area (Å²) in [5, 5.41) is 10.2. The molecule has 0 saturated carbocycles. The topological polar surface area (TPSA) is 77.9 Å². The van der Waals surface area contributed by atoms with E-state index in [1.807, 2.05) is 24.3 Å². The van der Waals surface area contributed by atoms with Gasteiger partial charge in [0.05, 0.1) is 6.54 Å². The number of rotatable bonds is 12. The summed E-state index contributed by atoms with van der Waals surface area (Å²) in [6.45, 7) is 8.51. The molecule has 1 fully saturated rings. The van der Waals surface area contributed by atoms with Gasteiger partial charge in [-0.3, -0.25) is 19.3 Å². The summed E-state index contributed by atoms with van der Waals surface area (Å²) in [6.07, 6.45) is 9.86. The van der Waals surface area contributed by atoms with Gasteiger partial charge < -0.3 is 10.0 Å². The van der Waals surface area contributed by atoms with Gasteiger partial charge in [0.1, 0.15) is 5.75 Å². The number of aryl methyl sites for hydroxylation is 2. The molecule has 4 aromatic rings. The van der Waals surface area contributed by atoms with Crippen LogP contribution in [-0.4, -0.2) is 52.0 Å². The molecule has 53 heavy (non-hydrogen) atoms. The Hall–Kier alpha value is -4.55. The number of amides is 1. The van der Waals surface area contributed by atoms with Gasteiger partial charge in [-0.25, -0.2) is 0 Å². The van der Waals surface area contributed by atoms with E-state index < -0.39 is 0 Å².